The Labute approximate surface area is 189 Å². The van der Waals surface area contributed by atoms with Gasteiger partial charge >= 0.3 is 0 Å². The summed E-state index contributed by atoms with van der Waals surface area (Å²) < 4.78 is 1.86. The molecule has 3 aromatic rings. The van der Waals surface area contributed by atoms with Gasteiger partial charge in [0, 0.05) is 23.2 Å². The van der Waals surface area contributed by atoms with Gasteiger partial charge in [0.25, 0.3) is 11.8 Å². The first kappa shape index (κ1) is 21.6. The number of carbonyl (C=O) groups is 2. The van der Waals surface area contributed by atoms with Crippen LogP contribution in [0.5, 0.6) is 0 Å². The molecule has 0 fully saturated rings. The smallest absolute Gasteiger partial charge is 0.279 e. The molecule has 1 aromatic carbocycles. The molecule has 0 saturated carbocycles. The molecular formula is C22H25N5O2S2. The van der Waals surface area contributed by atoms with E-state index in [9.17, 15) is 9.59 Å². The topological polar surface area (TPSA) is 88.9 Å². The maximum Gasteiger partial charge on any atom is 0.279 e. The Balaban J connectivity index is 1.29. The summed E-state index contributed by atoms with van der Waals surface area (Å²) in [6.07, 6.45) is 8.61. The first-order valence-electron chi connectivity index (χ1n) is 10.4. The maximum atomic E-state index is 12.5. The van der Waals surface area contributed by atoms with Crippen LogP contribution in [-0.4, -0.2) is 26.6 Å². The Kier molecular flexibility index (Phi) is 7.03. The number of hydrogen-bond acceptors (Lipinski definition) is 6. The summed E-state index contributed by atoms with van der Waals surface area (Å²) in [7, 11) is 1.90. The molecule has 31 heavy (non-hydrogen) atoms. The highest BCUT2D eigenvalue weighted by Gasteiger charge is 2.16. The molecule has 2 N–H and O–H groups in total. The van der Waals surface area contributed by atoms with Gasteiger partial charge in [-0.2, -0.15) is 0 Å². The summed E-state index contributed by atoms with van der Waals surface area (Å²) in [6, 6.07) is 9.30. The van der Waals surface area contributed by atoms with Gasteiger partial charge in [-0.05, 0) is 55.0 Å². The molecule has 0 aliphatic heterocycles. The van der Waals surface area contributed by atoms with Crippen LogP contribution < -0.4 is 10.9 Å². The van der Waals surface area contributed by atoms with Gasteiger partial charge in [-0.3, -0.25) is 20.4 Å². The second kappa shape index (κ2) is 10.1. The van der Waals surface area contributed by atoms with Gasteiger partial charge in [0.15, 0.2) is 5.16 Å². The van der Waals surface area contributed by atoms with Crippen molar-refractivity contribution < 1.29 is 9.59 Å². The van der Waals surface area contributed by atoms with Gasteiger partial charge in [0.05, 0.1) is 4.88 Å². The van der Waals surface area contributed by atoms with E-state index >= 15 is 0 Å². The lowest BCUT2D eigenvalue weighted by Gasteiger charge is -2.07. The van der Waals surface area contributed by atoms with Gasteiger partial charge in [-0.1, -0.05) is 36.7 Å². The van der Waals surface area contributed by atoms with Crippen LogP contribution in [0.1, 0.15) is 61.7 Å². The molecule has 0 unspecified atom stereocenters. The van der Waals surface area contributed by atoms with Crippen LogP contribution >= 0.6 is 23.1 Å². The average molecular weight is 456 g/mol. The Morgan fingerprint density at radius 1 is 1.06 bits per heavy atom. The number of thioether (sulfide) groups is 1. The lowest BCUT2D eigenvalue weighted by molar-refractivity contribution is 0.0849. The van der Waals surface area contributed by atoms with Crippen LogP contribution in [0.15, 0.2) is 41.8 Å². The van der Waals surface area contributed by atoms with Crippen molar-refractivity contribution in [1.29, 1.82) is 0 Å². The summed E-state index contributed by atoms with van der Waals surface area (Å²) in [5, 5.41) is 8.74. The van der Waals surface area contributed by atoms with Crippen molar-refractivity contribution in [1.82, 2.24) is 25.6 Å². The normalized spacial score (nSPS) is 13.7. The number of amides is 2. The fraction of sp³-hybridized carbons (Fsp3) is 0.364. The van der Waals surface area contributed by atoms with Crippen molar-refractivity contribution in [2.24, 2.45) is 7.05 Å². The third-order valence-corrected chi connectivity index (χ3v) is 7.61. The number of aryl methyl sites for hydroxylation is 3. The fourth-order valence-corrected chi connectivity index (χ4v) is 5.50. The molecule has 1 aliphatic rings. The number of aromatic nitrogens is 3. The Hall–Kier alpha value is -2.65. The quantitative estimate of drug-likeness (QED) is 0.450. The highest BCUT2D eigenvalue weighted by molar-refractivity contribution is 7.98. The number of nitrogens with zero attached hydrogens (tertiary/aromatic N) is 3. The number of fused-ring (bicyclic) bond motifs is 1. The maximum absolute atomic E-state index is 12.5. The lowest BCUT2D eigenvalue weighted by atomic mass is 10.00. The second-order valence-electron chi connectivity index (χ2n) is 7.59. The molecule has 0 spiro atoms. The minimum absolute atomic E-state index is 0.262. The first-order valence-corrected chi connectivity index (χ1v) is 12.2. The van der Waals surface area contributed by atoms with Crippen LogP contribution in [-0.2, 0) is 25.6 Å². The molecule has 0 saturated heterocycles. The van der Waals surface area contributed by atoms with E-state index in [0.29, 0.717) is 10.4 Å². The van der Waals surface area contributed by atoms with Crippen molar-refractivity contribution in [3.63, 3.8) is 0 Å². The van der Waals surface area contributed by atoms with Gasteiger partial charge in [-0.15, -0.1) is 21.5 Å². The number of rotatable bonds is 5. The molecule has 4 rings (SSSR count). The third kappa shape index (κ3) is 5.54. The fourth-order valence-electron chi connectivity index (χ4n) is 3.51. The third-order valence-electron chi connectivity index (χ3n) is 5.26. The first-order chi connectivity index (χ1) is 15.1. The number of hydrazine groups is 1. The average Bonchev–Trinajstić information content (AvgIpc) is 3.36. The van der Waals surface area contributed by atoms with Crippen molar-refractivity contribution in [2.45, 2.75) is 49.4 Å². The Bertz CT molecular complexity index is 1030. The minimum atomic E-state index is -0.337. The van der Waals surface area contributed by atoms with E-state index in [1.165, 1.54) is 36.1 Å². The molecule has 0 radical (unpaired) electrons. The highest BCUT2D eigenvalue weighted by Crippen LogP contribution is 2.28. The zero-order chi connectivity index (χ0) is 21.6. The summed E-state index contributed by atoms with van der Waals surface area (Å²) in [4.78, 5) is 26.9. The van der Waals surface area contributed by atoms with Crippen LogP contribution in [0.25, 0.3) is 0 Å². The van der Waals surface area contributed by atoms with E-state index in [0.717, 1.165) is 29.3 Å². The van der Waals surface area contributed by atoms with E-state index in [4.69, 9.17) is 0 Å². The molecule has 2 amide bonds. The molecule has 7 nitrogen and oxygen atoms in total. The molecule has 2 aromatic heterocycles. The van der Waals surface area contributed by atoms with Crippen molar-refractivity contribution in [2.75, 3.05) is 0 Å². The highest BCUT2D eigenvalue weighted by atomic mass is 32.2. The zero-order valence-corrected chi connectivity index (χ0v) is 19.0. The van der Waals surface area contributed by atoms with Crippen LogP contribution in [0, 0.1) is 0 Å². The van der Waals surface area contributed by atoms with Crippen molar-refractivity contribution >= 4 is 34.9 Å². The van der Waals surface area contributed by atoms with Gasteiger partial charge in [-0.25, -0.2) is 0 Å². The largest absolute Gasteiger partial charge is 0.312 e. The van der Waals surface area contributed by atoms with E-state index in [1.807, 2.05) is 29.8 Å². The lowest BCUT2D eigenvalue weighted by Crippen LogP contribution is -2.41. The molecule has 0 atom stereocenters. The number of hydrogen-bond donors (Lipinski definition) is 2. The van der Waals surface area contributed by atoms with Crippen molar-refractivity contribution in [3.8, 4) is 0 Å². The summed E-state index contributed by atoms with van der Waals surface area (Å²) in [6.45, 7) is 0. The number of thiophene rings is 1. The standard InChI is InChI=1S/C22H25N5O2S2/c1-27-14-23-26-22(27)30-13-15-8-10-16(11-9-15)20(28)24-25-21(29)19-12-17-6-4-2-3-5-7-18(17)31-19/h8-12,14H,2-7,13H2,1H3,(H,24,28)(H,25,29). The Morgan fingerprint density at radius 2 is 1.81 bits per heavy atom. The summed E-state index contributed by atoms with van der Waals surface area (Å²) in [5.41, 5.74) is 7.93. The van der Waals surface area contributed by atoms with Crippen molar-refractivity contribution in [3.05, 3.63) is 63.1 Å². The molecule has 1 aliphatic carbocycles. The molecule has 9 heteroatoms. The predicted octanol–water partition coefficient (Wildman–Crippen LogP) is 3.90. The predicted molar refractivity (Wildman–Crippen MR) is 122 cm³/mol. The van der Waals surface area contributed by atoms with Gasteiger partial charge in [0.1, 0.15) is 6.33 Å². The van der Waals surface area contributed by atoms with Crippen LogP contribution in [0.2, 0.25) is 0 Å². The zero-order valence-electron chi connectivity index (χ0n) is 17.4. The molecule has 162 valence electrons. The van der Waals surface area contributed by atoms with E-state index in [-0.39, 0.29) is 11.8 Å². The van der Waals surface area contributed by atoms with E-state index in [1.54, 1.807) is 41.6 Å². The molecule has 2 heterocycles. The summed E-state index contributed by atoms with van der Waals surface area (Å²) in [5.74, 6) is 0.131. The molecular weight excluding hydrogens is 430 g/mol. The van der Waals surface area contributed by atoms with E-state index < -0.39 is 0 Å². The SMILES string of the molecule is Cn1cnnc1SCc1ccc(C(=O)NNC(=O)c2cc3c(s2)CCCCCC3)cc1. The van der Waals surface area contributed by atoms with Crippen LogP contribution in [0.4, 0.5) is 0 Å². The summed E-state index contributed by atoms with van der Waals surface area (Å²) >= 11 is 3.12. The number of benzene rings is 1. The second-order valence-corrected chi connectivity index (χ2v) is 9.67. The number of nitrogens with one attached hydrogen (secondary N) is 2. The Morgan fingerprint density at radius 3 is 2.55 bits per heavy atom. The van der Waals surface area contributed by atoms with Crippen LogP contribution in [0.3, 0.4) is 0 Å². The monoisotopic (exact) mass is 455 g/mol. The van der Waals surface area contributed by atoms with Gasteiger partial charge in [0.2, 0.25) is 0 Å². The minimum Gasteiger partial charge on any atom is -0.312 e. The van der Waals surface area contributed by atoms with E-state index in [2.05, 4.69) is 21.0 Å². The number of carbonyl (C=O) groups excluding carboxylic acids is 2. The van der Waals surface area contributed by atoms with Gasteiger partial charge < -0.3 is 4.57 Å². The molecule has 0 bridgehead atoms.